The van der Waals surface area contributed by atoms with E-state index in [4.69, 9.17) is 10.5 Å². The van der Waals surface area contributed by atoms with Crippen molar-refractivity contribution < 1.29 is 19.1 Å². The molecule has 6 heteroatoms. The van der Waals surface area contributed by atoms with Crippen LogP contribution in [0.15, 0.2) is 0 Å². The number of hydrogen-bond donors (Lipinski definition) is 2. The summed E-state index contributed by atoms with van der Waals surface area (Å²) >= 11 is 0. The van der Waals surface area contributed by atoms with Crippen LogP contribution in [-0.2, 0) is 14.3 Å². The molecule has 0 atom stereocenters. The van der Waals surface area contributed by atoms with Crippen LogP contribution < -0.4 is 11.1 Å². The van der Waals surface area contributed by atoms with E-state index >= 15 is 0 Å². The van der Waals surface area contributed by atoms with Gasteiger partial charge in [-0.1, -0.05) is 0 Å². The molecule has 0 aromatic heterocycles. The van der Waals surface area contributed by atoms with Crippen molar-refractivity contribution >= 4 is 12.1 Å². The number of rotatable bonds is 5. The third kappa shape index (κ3) is 10.6. The zero-order valence-electron chi connectivity index (χ0n) is 9.33. The van der Waals surface area contributed by atoms with Crippen molar-refractivity contribution in [2.45, 2.75) is 26.4 Å². The minimum absolute atomic E-state index is 0.0827. The molecule has 0 aliphatic carbocycles. The normalized spacial score (nSPS) is 10.9. The summed E-state index contributed by atoms with van der Waals surface area (Å²) in [7, 11) is 0. The molecule has 0 bridgehead atoms. The molecule has 0 saturated heterocycles. The van der Waals surface area contributed by atoms with Gasteiger partial charge in [-0.2, -0.15) is 0 Å². The molecule has 0 saturated carbocycles. The van der Waals surface area contributed by atoms with Crippen molar-refractivity contribution in [1.82, 2.24) is 5.32 Å². The number of primary amides is 1. The quantitative estimate of drug-likeness (QED) is 0.501. The Morgan fingerprint density at radius 2 is 1.93 bits per heavy atom. The number of esters is 1. The second-order valence-electron chi connectivity index (χ2n) is 3.93. The highest BCUT2D eigenvalue weighted by atomic mass is 16.6. The molecule has 0 radical (unpaired) electrons. The van der Waals surface area contributed by atoms with Gasteiger partial charge < -0.3 is 20.5 Å². The Balaban J connectivity index is 3.44. The topological polar surface area (TPSA) is 90.7 Å². The van der Waals surface area contributed by atoms with Crippen LogP contribution in [0.5, 0.6) is 0 Å². The number of carbonyl (C=O) groups is 2. The first kappa shape index (κ1) is 13.7. The van der Waals surface area contributed by atoms with Gasteiger partial charge in [0.05, 0.1) is 6.54 Å². The van der Waals surface area contributed by atoms with Crippen LogP contribution in [0.25, 0.3) is 0 Å². The van der Waals surface area contributed by atoms with Gasteiger partial charge in [-0.05, 0) is 20.8 Å². The molecule has 0 aliphatic rings. The lowest BCUT2D eigenvalue weighted by molar-refractivity contribution is -0.153. The molecule has 0 unspecified atom stereocenters. The van der Waals surface area contributed by atoms with E-state index in [1.807, 2.05) is 0 Å². The smallest absolute Gasteiger partial charge is 0.404 e. The van der Waals surface area contributed by atoms with Gasteiger partial charge >= 0.3 is 12.1 Å². The number of nitrogens with two attached hydrogens (primary N) is 1. The van der Waals surface area contributed by atoms with Gasteiger partial charge in [0.1, 0.15) is 12.2 Å². The van der Waals surface area contributed by atoms with Crippen LogP contribution in [0.2, 0.25) is 0 Å². The van der Waals surface area contributed by atoms with Crippen LogP contribution in [0, 0.1) is 0 Å². The van der Waals surface area contributed by atoms with Gasteiger partial charge in [-0.25, -0.2) is 4.79 Å². The Morgan fingerprint density at radius 3 is 2.40 bits per heavy atom. The summed E-state index contributed by atoms with van der Waals surface area (Å²) < 4.78 is 9.48. The van der Waals surface area contributed by atoms with E-state index in [9.17, 15) is 9.59 Å². The van der Waals surface area contributed by atoms with Crippen LogP contribution in [0.4, 0.5) is 4.79 Å². The van der Waals surface area contributed by atoms with Gasteiger partial charge in [0.2, 0.25) is 0 Å². The fraction of sp³-hybridized carbons (Fsp3) is 0.778. The van der Waals surface area contributed by atoms with Gasteiger partial charge in [-0.15, -0.1) is 0 Å². The maximum atomic E-state index is 11.1. The Labute approximate surface area is 89.1 Å². The van der Waals surface area contributed by atoms with Crippen LogP contribution >= 0.6 is 0 Å². The van der Waals surface area contributed by atoms with E-state index < -0.39 is 11.7 Å². The summed E-state index contributed by atoms with van der Waals surface area (Å²) in [4.78, 5) is 21.3. The predicted octanol–water partition coefficient (Wildman–Crippen LogP) is 0.0130. The Morgan fingerprint density at radius 1 is 1.33 bits per heavy atom. The van der Waals surface area contributed by atoms with Crippen molar-refractivity contribution in [1.29, 1.82) is 0 Å². The molecule has 88 valence electrons. The Bertz CT molecular complexity index is 223. The summed E-state index contributed by atoms with van der Waals surface area (Å²) in [5.41, 5.74) is 4.25. The van der Waals surface area contributed by atoms with Crippen LogP contribution in [0.3, 0.4) is 0 Å². The van der Waals surface area contributed by atoms with Crippen LogP contribution in [0.1, 0.15) is 20.8 Å². The molecule has 0 fully saturated rings. The third-order valence-electron chi connectivity index (χ3n) is 1.21. The third-order valence-corrected chi connectivity index (χ3v) is 1.21. The largest absolute Gasteiger partial charge is 0.459 e. The highest BCUT2D eigenvalue weighted by molar-refractivity contribution is 5.72. The highest BCUT2D eigenvalue weighted by Gasteiger charge is 2.15. The molecular formula is C9H18N2O4. The number of carbonyl (C=O) groups excluding carboxylic acids is 2. The Hall–Kier alpha value is -1.30. The molecular weight excluding hydrogens is 200 g/mol. The fourth-order valence-electron chi connectivity index (χ4n) is 0.792. The number of amides is 1. The van der Waals surface area contributed by atoms with Gasteiger partial charge in [0.15, 0.2) is 0 Å². The standard InChI is InChI=1S/C9H18N2O4/c1-9(2,3)15-7(12)6-11-4-5-14-8(10)13/h11H,4-6H2,1-3H3,(H2,10,13). The molecule has 3 N–H and O–H groups in total. The van der Waals surface area contributed by atoms with Gasteiger partial charge in [-0.3, -0.25) is 4.79 Å². The SMILES string of the molecule is CC(C)(C)OC(=O)CNCCOC(N)=O. The lowest BCUT2D eigenvalue weighted by Crippen LogP contribution is -2.33. The molecule has 0 heterocycles. The molecule has 15 heavy (non-hydrogen) atoms. The minimum Gasteiger partial charge on any atom is -0.459 e. The second kappa shape index (κ2) is 6.23. The summed E-state index contributed by atoms with van der Waals surface area (Å²) in [6.45, 7) is 5.96. The average Bonchev–Trinajstić information content (AvgIpc) is 1.99. The minimum atomic E-state index is -0.825. The van der Waals surface area contributed by atoms with E-state index in [0.717, 1.165) is 0 Å². The fourth-order valence-corrected chi connectivity index (χ4v) is 0.792. The van der Waals surface area contributed by atoms with E-state index in [-0.39, 0.29) is 19.1 Å². The van der Waals surface area contributed by atoms with E-state index in [2.05, 4.69) is 10.1 Å². The maximum absolute atomic E-state index is 11.1. The molecule has 0 spiro atoms. The molecule has 6 nitrogen and oxygen atoms in total. The zero-order valence-corrected chi connectivity index (χ0v) is 9.33. The van der Waals surface area contributed by atoms with Crippen molar-refractivity contribution in [3.8, 4) is 0 Å². The molecule has 0 aliphatic heterocycles. The molecule has 1 amide bonds. The summed E-state index contributed by atoms with van der Waals surface area (Å²) in [6.07, 6.45) is -0.825. The lowest BCUT2D eigenvalue weighted by Gasteiger charge is -2.19. The lowest BCUT2D eigenvalue weighted by atomic mass is 10.2. The zero-order chi connectivity index (χ0) is 11.9. The summed E-state index contributed by atoms with van der Waals surface area (Å²) in [6, 6.07) is 0. The number of hydrogen-bond acceptors (Lipinski definition) is 5. The predicted molar refractivity (Wildman–Crippen MR) is 54.3 cm³/mol. The van der Waals surface area contributed by atoms with Gasteiger partial charge in [0, 0.05) is 6.54 Å². The second-order valence-corrected chi connectivity index (χ2v) is 3.93. The van der Waals surface area contributed by atoms with Crippen molar-refractivity contribution in [2.24, 2.45) is 5.73 Å². The van der Waals surface area contributed by atoms with Crippen molar-refractivity contribution in [3.05, 3.63) is 0 Å². The monoisotopic (exact) mass is 218 g/mol. The summed E-state index contributed by atoms with van der Waals surface area (Å²) in [5, 5.41) is 2.76. The molecule has 0 aromatic carbocycles. The Kier molecular flexibility index (Phi) is 5.69. The van der Waals surface area contributed by atoms with Crippen LogP contribution in [-0.4, -0.2) is 37.4 Å². The molecule has 0 rings (SSSR count). The average molecular weight is 218 g/mol. The van der Waals surface area contributed by atoms with E-state index in [0.29, 0.717) is 6.54 Å². The first-order chi connectivity index (χ1) is 6.81. The number of ether oxygens (including phenoxy) is 2. The first-order valence-corrected chi connectivity index (χ1v) is 4.66. The van der Waals surface area contributed by atoms with Crippen molar-refractivity contribution in [2.75, 3.05) is 19.7 Å². The maximum Gasteiger partial charge on any atom is 0.404 e. The summed E-state index contributed by atoms with van der Waals surface area (Å²) in [5.74, 6) is -0.346. The van der Waals surface area contributed by atoms with E-state index in [1.165, 1.54) is 0 Å². The highest BCUT2D eigenvalue weighted by Crippen LogP contribution is 2.05. The number of nitrogens with one attached hydrogen (secondary N) is 1. The first-order valence-electron chi connectivity index (χ1n) is 4.66. The van der Waals surface area contributed by atoms with Crippen molar-refractivity contribution in [3.63, 3.8) is 0 Å². The van der Waals surface area contributed by atoms with E-state index in [1.54, 1.807) is 20.8 Å². The molecule has 0 aromatic rings. The van der Waals surface area contributed by atoms with Gasteiger partial charge in [0.25, 0.3) is 0 Å².